The normalized spacial score (nSPS) is 11.8. The summed E-state index contributed by atoms with van der Waals surface area (Å²) in [5, 5.41) is 11.0. The first kappa shape index (κ1) is 19.6. The number of nitrogens with one attached hydrogen (secondary N) is 1. The number of halogens is 3. The van der Waals surface area contributed by atoms with Crippen LogP contribution in [0.2, 0.25) is 0 Å². The minimum absolute atomic E-state index is 0.177. The van der Waals surface area contributed by atoms with Crippen molar-refractivity contribution in [2.75, 3.05) is 14.2 Å². The molecule has 0 unspecified atom stereocenters. The standard InChI is InChI=1S/C18H15F3N4O2S/c1-26-13-6-7-14(15(9-13)27-2)16-23-24-17(28)25(16)22-10-11-4-3-5-12(8-11)18(19,20)21/h3-10H,1-2H3,(H,24,28)/b22-10-. The predicted molar refractivity (Wildman–Crippen MR) is 100 cm³/mol. The Morgan fingerprint density at radius 2 is 1.93 bits per heavy atom. The Morgan fingerprint density at radius 1 is 1.14 bits per heavy atom. The molecule has 28 heavy (non-hydrogen) atoms. The summed E-state index contributed by atoms with van der Waals surface area (Å²) in [7, 11) is 3.03. The summed E-state index contributed by atoms with van der Waals surface area (Å²) >= 11 is 5.19. The molecule has 6 nitrogen and oxygen atoms in total. The van der Waals surface area contributed by atoms with Crippen molar-refractivity contribution in [3.8, 4) is 22.9 Å². The van der Waals surface area contributed by atoms with Gasteiger partial charge in [0.2, 0.25) is 4.77 Å². The fourth-order valence-electron chi connectivity index (χ4n) is 2.48. The molecule has 3 aromatic rings. The van der Waals surface area contributed by atoms with Crippen LogP contribution in [0.1, 0.15) is 11.1 Å². The molecule has 1 N–H and O–H groups in total. The zero-order chi connectivity index (χ0) is 20.3. The van der Waals surface area contributed by atoms with Gasteiger partial charge in [-0.3, -0.25) is 0 Å². The maximum atomic E-state index is 12.9. The van der Waals surface area contributed by atoms with Gasteiger partial charge in [-0.1, -0.05) is 12.1 Å². The van der Waals surface area contributed by atoms with E-state index in [2.05, 4.69) is 15.3 Å². The third kappa shape index (κ3) is 4.06. The van der Waals surface area contributed by atoms with Crippen molar-refractivity contribution in [1.82, 2.24) is 14.9 Å². The summed E-state index contributed by atoms with van der Waals surface area (Å²) in [6.45, 7) is 0. The number of methoxy groups -OCH3 is 2. The Balaban J connectivity index is 2.01. The fraction of sp³-hybridized carbons (Fsp3) is 0.167. The molecular formula is C18H15F3N4O2S. The molecule has 0 aliphatic rings. The second kappa shape index (κ2) is 7.85. The molecule has 0 bridgehead atoms. The van der Waals surface area contributed by atoms with Gasteiger partial charge in [0, 0.05) is 6.07 Å². The van der Waals surface area contributed by atoms with Crippen molar-refractivity contribution in [3.63, 3.8) is 0 Å². The zero-order valence-electron chi connectivity index (χ0n) is 14.8. The van der Waals surface area contributed by atoms with Crippen LogP contribution in [0, 0.1) is 4.77 Å². The SMILES string of the molecule is COc1ccc(-c2n[nH]c(=S)n2/N=C\c2cccc(C(F)(F)F)c2)c(OC)c1. The lowest BCUT2D eigenvalue weighted by Gasteiger charge is -2.09. The van der Waals surface area contributed by atoms with Crippen molar-refractivity contribution in [2.24, 2.45) is 5.10 Å². The molecule has 146 valence electrons. The highest BCUT2D eigenvalue weighted by Crippen LogP contribution is 2.32. The van der Waals surface area contributed by atoms with Gasteiger partial charge < -0.3 is 9.47 Å². The average molecular weight is 408 g/mol. The largest absolute Gasteiger partial charge is 0.497 e. The molecule has 1 aromatic heterocycles. The highest BCUT2D eigenvalue weighted by atomic mass is 32.1. The van der Waals surface area contributed by atoms with Gasteiger partial charge in [0.15, 0.2) is 5.82 Å². The first-order valence-electron chi connectivity index (χ1n) is 7.95. The molecule has 0 saturated heterocycles. The number of benzene rings is 2. The van der Waals surface area contributed by atoms with E-state index in [4.69, 9.17) is 21.7 Å². The summed E-state index contributed by atoms with van der Waals surface area (Å²) in [4.78, 5) is 0. The van der Waals surface area contributed by atoms with E-state index in [1.54, 1.807) is 18.2 Å². The van der Waals surface area contributed by atoms with Crippen LogP contribution in [0.15, 0.2) is 47.6 Å². The van der Waals surface area contributed by atoms with E-state index in [0.717, 1.165) is 12.1 Å². The Hall–Kier alpha value is -3.14. The van der Waals surface area contributed by atoms with E-state index in [-0.39, 0.29) is 10.3 Å². The maximum Gasteiger partial charge on any atom is 0.416 e. The average Bonchev–Trinajstić information content (AvgIpc) is 3.05. The van der Waals surface area contributed by atoms with Crippen molar-refractivity contribution in [1.29, 1.82) is 0 Å². The monoisotopic (exact) mass is 408 g/mol. The molecule has 0 aliphatic carbocycles. The van der Waals surface area contributed by atoms with Gasteiger partial charge >= 0.3 is 6.18 Å². The smallest absolute Gasteiger partial charge is 0.416 e. The van der Waals surface area contributed by atoms with E-state index >= 15 is 0 Å². The van der Waals surface area contributed by atoms with Crippen LogP contribution in [-0.4, -0.2) is 35.3 Å². The Bertz CT molecular complexity index is 1070. The summed E-state index contributed by atoms with van der Waals surface area (Å²) in [5.41, 5.74) is 0.0895. The van der Waals surface area contributed by atoms with Crippen LogP contribution in [0.3, 0.4) is 0 Å². The highest BCUT2D eigenvalue weighted by molar-refractivity contribution is 7.71. The lowest BCUT2D eigenvalue weighted by atomic mass is 10.1. The van der Waals surface area contributed by atoms with E-state index in [1.807, 2.05) is 0 Å². The number of aromatic nitrogens is 3. The number of alkyl halides is 3. The summed E-state index contributed by atoms with van der Waals surface area (Å²) in [6.07, 6.45) is -3.16. The second-order valence-corrected chi connectivity index (χ2v) is 5.98. The first-order chi connectivity index (χ1) is 13.3. The van der Waals surface area contributed by atoms with E-state index in [0.29, 0.717) is 22.9 Å². The summed E-state index contributed by atoms with van der Waals surface area (Å²) in [6, 6.07) is 9.93. The highest BCUT2D eigenvalue weighted by Gasteiger charge is 2.30. The number of ether oxygens (including phenoxy) is 2. The topological polar surface area (TPSA) is 64.4 Å². The van der Waals surface area contributed by atoms with Crippen LogP contribution in [-0.2, 0) is 6.18 Å². The molecule has 1 heterocycles. The number of nitrogens with zero attached hydrogens (tertiary/aromatic N) is 3. The van der Waals surface area contributed by atoms with Gasteiger partial charge in [0.1, 0.15) is 11.5 Å². The summed E-state index contributed by atoms with van der Waals surface area (Å²) < 4.78 is 50.6. The predicted octanol–water partition coefficient (Wildman–Crippen LogP) is 4.53. The molecular weight excluding hydrogens is 393 g/mol. The second-order valence-electron chi connectivity index (χ2n) is 5.60. The molecule has 2 aromatic carbocycles. The maximum absolute atomic E-state index is 12.9. The lowest BCUT2D eigenvalue weighted by Crippen LogP contribution is -2.05. The third-order valence-corrected chi connectivity index (χ3v) is 4.10. The summed E-state index contributed by atoms with van der Waals surface area (Å²) in [5.74, 6) is 1.41. The van der Waals surface area contributed by atoms with Crippen molar-refractivity contribution in [3.05, 3.63) is 58.4 Å². The Labute approximate surface area is 163 Å². The Morgan fingerprint density at radius 3 is 2.61 bits per heavy atom. The first-order valence-corrected chi connectivity index (χ1v) is 8.35. The number of rotatable bonds is 5. The Kier molecular flexibility index (Phi) is 5.50. The van der Waals surface area contributed by atoms with Crippen LogP contribution < -0.4 is 9.47 Å². The fourth-order valence-corrected chi connectivity index (χ4v) is 2.66. The molecule has 0 spiro atoms. The van der Waals surface area contributed by atoms with Crippen molar-refractivity contribution < 1.29 is 22.6 Å². The van der Waals surface area contributed by atoms with Crippen LogP contribution in [0.5, 0.6) is 11.5 Å². The van der Waals surface area contributed by atoms with Crippen LogP contribution in [0.4, 0.5) is 13.2 Å². The van der Waals surface area contributed by atoms with Gasteiger partial charge in [-0.25, -0.2) is 5.10 Å². The van der Waals surface area contributed by atoms with Crippen LogP contribution in [0.25, 0.3) is 11.4 Å². The molecule has 3 rings (SSSR count). The number of H-pyrrole nitrogens is 1. The van der Waals surface area contributed by atoms with Crippen molar-refractivity contribution >= 4 is 18.4 Å². The number of hydrogen-bond donors (Lipinski definition) is 1. The lowest BCUT2D eigenvalue weighted by molar-refractivity contribution is -0.137. The van der Waals surface area contributed by atoms with Crippen molar-refractivity contribution in [2.45, 2.75) is 6.18 Å². The molecule has 0 saturated carbocycles. The quantitative estimate of drug-likeness (QED) is 0.498. The third-order valence-electron chi connectivity index (χ3n) is 3.84. The number of hydrogen-bond acceptors (Lipinski definition) is 5. The minimum atomic E-state index is -4.43. The van der Waals surface area contributed by atoms with Gasteiger partial charge in [0.05, 0.1) is 31.6 Å². The van der Waals surface area contributed by atoms with Gasteiger partial charge in [-0.2, -0.15) is 28.0 Å². The molecule has 10 heteroatoms. The van der Waals surface area contributed by atoms with Gasteiger partial charge in [-0.05, 0) is 42.0 Å². The molecule has 0 radical (unpaired) electrons. The van der Waals surface area contributed by atoms with Crippen LogP contribution >= 0.6 is 12.2 Å². The number of aromatic amines is 1. The zero-order valence-corrected chi connectivity index (χ0v) is 15.6. The van der Waals surface area contributed by atoms with Gasteiger partial charge in [0.25, 0.3) is 0 Å². The molecule has 0 fully saturated rings. The minimum Gasteiger partial charge on any atom is -0.497 e. The van der Waals surface area contributed by atoms with E-state index in [1.165, 1.54) is 37.2 Å². The molecule has 0 aliphatic heterocycles. The van der Waals surface area contributed by atoms with E-state index in [9.17, 15) is 13.2 Å². The van der Waals surface area contributed by atoms with E-state index < -0.39 is 11.7 Å². The molecule has 0 amide bonds. The molecule has 0 atom stereocenters. The van der Waals surface area contributed by atoms with Gasteiger partial charge in [-0.15, -0.1) is 0 Å².